The van der Waals surface area contributed by atoms with Crippen molar-refractivity contribution in [2.75, 3.05) is 11.6 Å². The molecule has 1 N–H and O–H groups in total. The van der Waals surface area contributed by atoms with E-state index in [0.29, 0.717) is 32.8 Å². The largest absolute Gasteiger partial charge is 0.463 e. The molecule has 0 spiro atoms. The number of halogens is 2. The molecule has 1 heterocycles. The first-order valence-electron chi connectivity index (χ1n) is 5.41. The van der Waals surface area contributed by atoms with Crippen LogP contribution in [0.4, 0.5) is 10.6 Å². The lowest BCUT2D eigenvalue weighted by Gasteiger charge is -2.27. The molecule has 0 aliphatic heterocycles. The van der Waals surface area contributed by atoms with Gasteiger partial charge in [0.25, 0.3) is 0 Å². The molecule has 0 saturated heterocycles. The van der Waals surface area contributed by atoms with Crippen LogP contribution in [0.3, 0.4) is 0 Å². The molecule has 0 unspecified atom stereocenters. The zero-order valence-electron chi connectivity index (χ0n) is 9.92. The van der Waals surface area contributed by atoms with Crippen molar-refractivity contribution in [2.24, 2.45) is 0 Å². The van der Waals surface area contributed by atoms with Crippen LogP contribution < -0.4 is 5.01 Å². The SMILES string of the molecule is CCN(c1ncnc2c(Cl)cccc12)N(Cl)C(=O)O. The summed E-state index contributed by atoms with van der Waals surface area (Å²) in [7, 11) is 0. The molecule has 0 aliphatic carbocycles. The van der Waals surface area contributed by atoms with Crippen LogP contribution in [-0.2, 0) is 0 Å². The third-order valence-corrected chi connectivity index (χ3v) is 3.14. The van der Waals surface area contributed by atoms with E-state index in [1.807, 2.05) is 0 Å². The number of hydrogen-bond acceptors (Lipinski definition) is 4. The average molecular weight is 301 g/mol. The first-order valence-corrected chi connectivity index (χ1v) is 6.13. The summed E-state index contributed by atoms with van der Waals surface area (Å²) in [5.41, 5.74) is 0.545. The molecule has 1 aromatic heterocycles. The van der Waals surface area contributed by atoms with E-state index in [9.17, 15) is 4.79 Å². The van der Waals surface area contributed by atoms with Crippen LogP contribution in [-0.4, -0.2) is 32.2 Å². The Morgan fingerprint density at radius 2 is 2.16 bits per heavy atom. The molecule has 1 amide bonds. The molecule has 2 rings (SSSR count). The van der Waals surface area contributed by atoms with Crippen molar-refractivity contribution >= 4 is 46.2 Å². The number of benzene rings is 1. The van der Waals surface area contributed by atoms with Crippen LogP contribution >= 0.6 is 23.4 Å². The zero-order chi connectivity index (χ0) is 14.0. The molecular formula is C11H10Cl2N4O2. The van der Waals surface area contributed by atoms with Gasteiger partial charge < -0.3 is 5.11 Å². The third kappa shape index (κ3) is 2.50. The van der Waals surface area contributed by atoms with Gasteiger partial charge in [0.05, 0.1) is 10.5 Å². The molecule has 6 nitrogen and oxygen atoms in total. The number of hydrogen-bond donors (Lipinski definition) is 1. The molecule has 0 radical (unpaired) electrons. The van der Waals surface area contributed by atoms with Gasteiger partial charge in [0.2, 0.25) is 0 Å². The van der Waals surface area contributed by atoms with Gasteiger partial charge in [-0.3, -0.25) is 0 Å². The first kappa shape index (κ1) is 13.6. The molecule has 19 heavy (non-hydrogen) atoms. The topological polar surface area (TPSA) is 69.6 Å². The van der Waals surface area contributed by atoms with Crippen LogP contribution in [0.2, 0.25) is 5.02 Å². The lowest BCUT2D eigenvalue weighted by atomic mass is 10.2. The Hall–Kier alpha value is -1.79. The predicted octanol–water partition coefficient (Wildman–Crippen LogP) is 3.16. The van der Waals surface area contributed by atoms with Crippen molar-refractivity contribution in [1.29, 1.82) is 0 Å². The van der Waals surface area contributed by atoms with Crippen molar-refractivity contribution in [1.82, 2.24) is 14.5 Å². The minimum Gasteiger partial charge on any atom is -0.463 e. The number of anilines is 1. The summed E-state index contributed by atoms with van der Waals surface area (Å²) >= 11 is 11.8. The van der Waals surface area contributed by atoms with E-state index in [4.69, 9.17) is 28.5 Å². The van der Waals surface area contributed by atoms with E-state index in [0.717, 1.165) is 0 Å². The van der Waals surface area contributed by atoms with Crippen molar-refractivity contribution in [3.8, 4) is 0 Å². The molecule has 0 aliphatic rings. The fourth-order valence-electron chi connectivity index (χ4n) is 1.70. The lowest BCUT2D eigenvalue weighted by molar-refractivity contribution is 0.170. The van der Waals surface area contributed by atoms with Crippen molar-refractivity contribution < 1.29 is 9.90 Å². The Balaban J connectivity index is 2.61. The average Bonchev–Trinajstić information content (AvgIpc) is 2.40. The summed E-state index contributed by atoms with van der Waals surface area (Å²) < 4.78 is 0.558. The summed E-state index contributed by atoms with van der Waals surface area (Å²) in [6, 6.07) is 5.20. The van der Waals surface area contributed by atoms with E-state index in [-0.39, 0.29) is 0 Å². The number of carbonyl (C=O) groups is 1. The van der Waals surface area contributed by atoms with Gasteiger partial charge in [-0.15, -0.1) is 4.53 Å². The van der Waals surface area contributed by atoms with Gasteiger partial charge in [-0.25, -0.2) is 19.8 Å². The Morgan fingerprint density at radius 3 is 2.79 bits per heavy atom. The Morgan fingerprint density at radius 1 is 1.42 bits per heavy atom. The lowest BCUT2D eigenvalue weighted by Crippen LogP contribution is -2.40. The highest BCUT2D eigenvalue weighted by atomic mass is 35.5. The van der Waals surface area contributed by atoms with E-state index < -0.39 is 6.09 Å². The molecule has 2 aromatic rings. The van der Waals surface area contributed by atoms with Crippen LogP contribution in [0, 0.1) is 0 Å². The van der Waals surface area contributed by atoms with Gasteiger partial charge in [-0.2, -0.15) is 0 Å². The number of fused-ring (bicyclic) bond motifs is 1. The molecule has 1 aromatic carbocycles. The van der Waals surface area contributed by atoms with Crippen molar-refractivity contribution in [2.45, 2.75) is 6.92 Å². The van der Waals surface area contributed by atoms with Crippen LogP contribution in [0.25, 0.3) is 10.9 Å². The fraction of sp³-hybridized carbons (Fsp3) is 0.182. The Bertz CT molecular complexity index is 623. The summed E-state index contributed by atoms with van der Waals surface area (Å²) in [5, 5.41) is 11.4. The number of rotatable bonds is 3. The minimum atomic E-state index is -1.29. The maximum atomic E-state index is 11.0. The minimum absolute atomic E-state index is 0.328. The van der Waals surface area contributed by atoms with Crippen LogP contribution in [0.5, 0.6) is 0 Å². The van der Waals surface area contributed by atoms with Crippen LogP contribution in [0.1, 0.15) is 6.92 Å². The first-order chi connectivity index (χ1) is 9.06. The number of hydrazine groups is 1. The van der Waals surface area contributed by atoms with Gasteiger partial charge >= 0.3 is 6.09 Å². The highest BCUT2D eigenvalue weighted by molar-refractivity contribution is 6.35. The van der Waals surface area contributed by atoms with E-state index >= 15 is 0 Å². The summed E-state index contributed by atoms with van der Waals surface area (Å²) in [6.45, 7) is 2.09. The molecule has 100 valence electrons. The number of amides is 1. The molecule has 0 atom stereocenters. The highest BCUT2D eigenvalue weighted by Crippen LogP contribution is 2.28. The fourth-order valence-corrected chi connectivity index (χ4v) is 2.11. The second-order valence-electron chi connectivity index (χ2n) is 3.59. The standard InChI is InChI=1S/C11H10Cl2N4O2/c1-2-16(17(13)11(18)19)10-7-4-3-5-8(12)9(7)14-6-15-10/h3-6H,2H2,1H3,(H,18,19). The molecule has 0 fully saturated rings. The smallest absolute Gasteiger partial charge is 0.442 e. The zero-order valence-corrected chi connectivity index (χ0v) is 11.4. The van der Waals surface area contributed by atoms with Gasteiger partial charge in [-0.1, -0.05) is 17.7 Å². The molecule has 8 heteroatoms. The van der Waals surface area contributed by atoms with Gasteiger partial charge in [-0.05, 0) is 19.1 Å². The van der Waals surface area contributed by atoms with Crippen LogP contribution in [0.15, 0.2) is 24.5 Å². The van der Waals surface area contributed by atoms with Gasteiger partial charge in [0.1, 0.15) is 6.33 Å². The third-order valence-electron chi connectivity index (χ3n) is 2.51. The van der Waals surface area contributed by atoms with E-state index in [1.165, 1.54) is 11.3 Å². The van der Waals surface area contributed by atoms with E-state index in [2.05, 4.69) is 9.97 Å². The van der Waals surface area contributed by atoms with Crippen molar-refractivity contribution in [3.05, 3.63) is 29.5 Å². The maximum Gasteiger partial charge on any atom is 0.442 e. The number of aromatic nitrogens is 2. The van der Waals surface area contributed by atoms with Gasteiger partial charge in [0, 0.05) is 23.7 Å². The normalized spacial score (nSPS) is 10.5. The number of nitrogens with zero attached hydrogens (tertiary/aromatic N) is 4. The quantitative estimate of drug-likeness (QED) is 0.696. The summed E-state index contributed by atoms with van der Waals surface area (Å²) in [5.74, 6) is 0.382. The monoisotopic (exact) mass is 300 g/mol. The number of carboxylic acid groups (broad SMARTS) is 1. The Labute approximate surface area is 119 Å². The highest BCUT2D eigenvalue weighted by Gasteiger charge is 2.21. The summed E-state index contributed by atoms with van der Waals surface area (Å²) in [4.78, 5) is 19.1. The molecule has 0 saturated carbocycles. The van der Waals surface area contributed by atoms with Gasteiger partial charge in [0.15, 0.2) is 5.82 Å². The molecular weight excluding hydrogens is 291 g/mol. The maximum absolute atomic E-state index is 11.0. The predicted molar refractivity (Wildman–Crippen MR) is 73.3 cm³/mol. The molecule has 0 bridgehead atoms. The number of para-hydroxylation sites is 1. The second kappa shape index (κ2) is 5.46. The summed E-state index contributed by atoms with van der Waals surface area (Å²) in [6.07, 6.45) is 0.0241. The van der Waals surface area contributed by atoms with E-state index in [1.54, 1.807) is 25.1 Å². The van der Waals surface area contributed by atoms with Crippen molar-refractivity contribution in [3.63, 3.8) is 0 Å². The second-order valence-corrected chi connectivity index (χ2v) is 4.32. The Kier molecular flexibility index (Phi) is 3.92.